The average molecular weight is 875 g/mol. The fourth-order valence-electron chi connectivity index (χ4n) is 8.24. The van der Waals surface area contributed by atoms with E-state index in [4.69, 9.17) is 16.9 Å². The molecule has 5 aromatic rings. The SMILES string of the molecule is Cn1nc(NS(C)(=O)=O)c2c(Cl)ccc(-c3ccc(C#CC4(O)CC(F)(C#N)C4)nc3[C@H](Cc3cc(F)cc(F)c3)NC(=O)Cn3nc(C(F)F)c4c3C(F)(F)[C@@H]3C[C@H]43)c21. The number of hydrogen-bond donors (Lipinski definition) is 3. The minimum absolute atomic E-state index is 0.0115. The maximum Gasteiger partial charge on any atom is 0.293 e. The van der Waals surface area contributed by atoms with E-state index in [9.17, 15) is 40.3 Å². The van der Waals surface area contributed by atoms with Crippen LogP contribution in [-0.2, 0) is 40.8 Å². The maximum atomic E-state index is 15.4. The summed E-state index contributed by atoms with van der Waals surface area (Å²) in [7, 11) is -2.39. The normalized spacial score (nSPS) is 22.9. The van der Waals surface area contributed by atoms with Gasteiger partial charge >= 0.3 is 0 Å². The molecular formula is C39H30ClF7N8O4S. The summed E-state index contributed by atoms with van der Waals surface area (Å²) in [6, 6.07) is 8.42. The van der Waals surface area contributed by atoms with E-state index in [0.29, 0.717) is 10.7 Å². The Morgan fingerprint density at radius 1 is 1.07 bits per heavy atom. The van der Waals surface area contributed by atoms with Gasteiger partial charge in [-0.2, -0.15) is 24.2 Å². The first kappa shape index (κ1) is 41.1. The number of benzene rings is 2. The number of pyridine rings is 1. The van der Waals surface area contributed by atoms with Crippen LogP contribution in [-0.4, -0.2) is 61.5 Å². The van der Waals surface area contributed by atoms with Gasteiger partial charge in [-0.15, -0.1) is 0 Å². The molecular weight excluding hydrogens is 845 g/mol. The van der Waals surface area contributed by atoms with Crippen LogP contribution in [0.25, 0.3) is 22.0 Å². The monoisotopic (exact) mass is 874 g/mol. The molecule has 0 radical (unpaired) electrons. The largest absolute Gasteiger partial charge is 0.377 e. The number of nitriles is 1. The lowest BCUT2D eigenvalue weighted by molar-refractivity contribution is -0.123. The third-order valence-electron chi connectivity index (χ3n) is 10.7. The van der Waals surface area contributed by atoms with Crippen molar-refractivity contribution in [3.05, 3.63) is 93.0 Å². The van der Waals surface area contributed by atoms with Gasteiger partial charge in [0.25, 0.3) is 12.3 Å². The third-order valence-corrected chi connectivity index (χ3v) is 11.6. The predicted octanol–water partition coefficient (Wildman–Crippen LogP) is 6.49. The second kappa shape index (κ2) is 14.2. The zero-order valence-electron chi connectivity index (χ0n) is 31.2. The molecule has 8 rings (SSSR count). The third kappa shape index (κ3) is 7.41. The van der Waals surface area contributed by atoms with Crippen molar-refractivity contribution in [3.8, 4) is 29.0 Å². The molecule has 12 nitrogen and oxygen atoms in total. The van der Waals surface area contributed by atoms with E-state index in [0.717, 1.165) is 18.4 Å². The number of sulfonamides is 1. The van der Waals surface area contributed by atoms with Gasteiger partial charge in [-0.05, 0) is 60.6 Å². The summed E-state index contributed by atoms with van der Waals surface area (Å²) in [5.74, 6) is -3.58. The van der Waals surface area contributed by atoms with Crippen molar-refractivity contribution in [1.82, 2.24) is 29.9 Å². The number of aliphatic hydroxyl groups is 1. The van der Waals surface area contributed by atoms with E-state index < -0.39 is 106 Å². The molecule has 3 heterocycles. The molecule has 0 bridgehead atoms. The highest BCUT2D eigenvalue weighted by molar-refractivity contribution is 7.92. The van der Waals surface area contributed by atoms with E-state index in [-0.39, 0.29) is 61.8 Å². The smallest absolute Gasteiger partial charge is 0.293 e. The number of aromatic nitrogens is 5. The number of aryl methyl sites for hydroxylation is 1. The summed E-state index contributed by atoms with van der Waals surface area (Å²) in [5.41, 5.74) is -5.64. The van der Waals surface area contributed by atoms with Gasteiger partial charge in [0.05, 0.1) is 33.9 Å². The molecule has 3 aliphatic carbocycles. The molecule has 2 aromatic carbocycles. The van der Waals surface area contributed by atoms with Crippen LogP contribution in [0, 0.1) is 40.7 Å². The minimum atomic E-state index is -3.88. The molecule has 3 atom stereocenters. The number of carbonyl (C=O) groups is 1. The van der Waals surface area contributed by atoms with E-state index >= 15 is 8.78 Å². The van der Waals surface area contributed by atoms with E-state index in [1.165, 1.54) is 42.1 Å². The fraction of sp³-hybridized carbons (Fsp3) is 0.359. The topological polar surface area (TPSA) is 168 Å². The number of halogens is 8. The standard InChI is InChI=1S/C39H30ClF7N8O4S/c1-54-33-23(5-6-26(40)30(33)36(52-54)53-60(2,58)59)22-4-3-21(7-8-38(57)15-37(45,16-38)17-48)49-31(22)27(11-18-9-19(41)12-20(42)10-18)50-28(56)14-55-34-29(32(51-55)35(43)44)24-13-25(24)39(34,46)47/h3-6,9-10,12,24-25,27,35,57H,11,13-16H2,1-2H3,(H,50,56)(H,52,53)/t24-,25+,27-,37?,38?/m0/s1. The number of nitrogens with zero attached hydrogens (tertiary/aromatic N) is 6. The Morgan fingerprint density at radius 2 is 1.75 bits per heavy atom. The molecule has 0 spiro atoms. The van der Waals surface area contributed by atoms with Crippen LogP contribution in [0.4, 0.5) is 36.6 Å². The highest BCUT2D eigenvalue weighted by atomic mass is 35.5. The number of fused-ring (bicyclic) bond motifs is 4. The van der Waals surface area contributed by atoms with Gasteiger partial charge in [0.15, 0.2) is 5.82 Å². The Balaban J connectivity index is 1.27. The number of nitrogens with one attached hydrogen (secondary N) is 2. The predicted molar refractivity (Wildman–Crippen MR) is 201 cm³/mol. The van der Waals surface area contributed by atoms with Crippen LogP contribution in [0.5, 0.6) is 0 Å². The summed E-state index contributed by atoms with van der Waals surface area (Å²) >= 11 is 6.57. The van der Waals surface area contributed by atoms with Crippen LogP contribution in [0.1, 0.15) is 71.6 Å². The van der Waals surface area contributed by atoms with Crippen molar-refractivity contribution < 1.29 is 49.1 Å². The Bertz CT molecular complexity index is 2840. The molecule has 21 heteroatoms. The van der Waals surface area contributed by atoms with E-state index in [1.807, 2.05) is 0 Å². The highest BCUT2D eigenvalue weighted by Crippen LogP contribution is 2.68. The minimum Gasteiger partial charge on any atom is -0.377 e. The lowest BCUT2D eigenvalue weighted by Gasteiger charge is -2.40. The van der Waals surface area contributed by atoms with Gasteiger partial charge in [-0.1, -0.05) is 23.6 Å². The van der Waals surface area contributed by atoms with Gasteiger partial charge in [0, 0.05) is 48.6 Å². The van der Waals surface area contributed by atoms with Crippen LogP contribution >= 0.6 is 11.6 Å². The molecule has 60 heavy (non-hydrogen) atoms. The molecule has 3 aromatic heterocycles. The summed E-state index contributed by atoms with van der Waals surface area (Å²) in [6.45, 7) is -0.975. The Hall–Kier alpha value is -5.70. The lowest BCUT2D eigenvalue weighted by Crippen LogP contribution is -2.52. The first-order valence-corrected chi connectivity index (χ1v) is 20.4. The van der Waals surface area contributed by atoms with Crippen LogP contribution in [0.3, 0.4) is 0 Å². The van der Waals surface area contributed by atoms with Gasteiger partial charge in [-0.3, -0.25) is 18.9 Å². The van der Waals surface area contributed by atoms with Crippen LogP contribution < -0.4 is 10.0 Å². The quantitative estimate of drug-likeness (QED) is 0.106. The molecule has 3 aliphatic rings. The second-order valence-corrected chi connectivity index (χ2v) is 17.4. The van der Waals surface area contributed by atoms with Crippen molar-refractivity contribution in [3.63, 3.8) is 0 Å². The zero-order chi connectivity index (χ0) is 43.3. The molecule has 3 N–H and O–H groups in total. The highest BCUT2D eigenvalue weighted by Gasteiger charge is 2.67. The fourth-order valence-corrected chi connectivity index (χ4v) is 8.97. The van der Waals surface area contributed by atoms with Gasteiger partial charge in [0.1, 0.15) is 46.9 Å². The van der Waals surface area contributed by atoms with Crippen LogP contribution in [0.15, 0.2) is 42.5 Å². The van der Waals surface area contributed by atoms with E-state index in [1.54, 1.807) is 0 Å². The summed E-state index contributed by atoms with van der Waals surface area (Å²) < 4.78 is 131. The first-order valence-electron chi connectivity index (χ1n) is 18.1. The van der Waals surface area contributed by atoms with E-state index in [2.05, 4.69) is 37.1 Å². The lowest BCUT2D eigenvalue weighted by atomic mass is 9.69. The molecule has 2 fully saturated rings. The Morgan fingerprint density at radius 3 is 2.40 bits per heavy atom. The number of carbonyl (C=O) groups excluding carboxylic acids is 1. The first-order chi connectivity index (χ1) is 28.1. The summed E-state index contributed by atoms with van der Waals surface area (Å²) in [5, 5.41) is 30.7. The summed E-state index contributed by atoms with van der Waals surface area (Å²) in [4.78, 5) is 18.6. The van der Waals surface area contributed by atoms with Crippen molar-refractivity contribution in [1.29, 1.82) is 5.26 Å². The average Bonchev–Trinajstić information content (AvgIpc) is 3.68. The number of anilines is 1. The number of hydrogen-bond acceptors (Lipinski definition) is 8. The molecule has 1 amide bonds. The zero-order valence-corrected chi connectivity index (χ0v) is 32.7. The molecule has 0 unspecified atom stereocenters. The van der Waals surface area contributed by atoms with Gasteiger partial charge in [0.2, 0.25) is 21.6 Å². The molecule has 0 aliphatic heterocycles. The number of alkyl halides is 5. The van der Waals surface area contributed by atoms with Crippen molar-refractivity contribution in [2.45, 2.75) is 67.8 Å². The summed E-state index contributed by atoms with van der Waals surface area (Å²) in [6.07, 6.45) is -3.97. The molecule has 2 saturated carbocycles. The van der Waals surface area contributed by atoms with Crippen LogP contribution in [0.2, 0.25) is 5.02 Å². The Kier molecular flexibility index (Phi) is 9.72. The van der Waals surface area contributed by atoms with Gasteiger partial charge in [-0.25, -0.2) is 35.4 Å². The number of rotatable bonds is 10. The maximum absolute atomic E-state index is 15.4. The molecule has 0 saturated heterocycles. The van der Waals surface area contributed by atoms with Crippen molar-refractivity contribution in [2.75, 3.05) is 11.0 Å². The van der Waals surface area contributed by atoms with Crippen molar-refractivity contribution in [2.24, 2.45) is 13.0 Å². The second-order valence-electron chi connectivity index (χ2n) is 15.3. The van der Waals surface area contributed by atoms with Gasteiger partial charge < -0.3 is 10.4 Å². The Labute approximate surface area is 341 Å². The molecule has 312 valence electrons. The number of amides is 1. The van der Waals surface area contributed by atoms with Crippen molar-refractivity contribution >= 4 is 44.3 Å².